The van der Waals surface area contributed by atoms with Crippen molar-refractivity contribution in [2.24, 2.45) is 0 Å². The summed E-state index contributed by atoms with van der Waals surface area (Å²) in [5.41, 5.74) is 1.56. The molecule has 1 heterocycles. The Kier molecular flexibility index (Phi) is 3.05. The molecule has 2 nitrogen and oxygen atoms in total. The average Bonchev–Trinajstić information content (AvgIpc) is 2.99. The van der Waals surface area contributed by atoms with Crippen LogP contribution < -0.4 is 5.32 Å². The van der Waals surface area contributed by atoms with Gasteiger partial charge in [-0.15, -0.1) is 0 Å². The van der Waals surface area contributed by atoms with E-state index in [1.807, 2.05) is 26.0 Å². The Morgan fingerprint density at radius 1 is 1.40 bits per heavy atom. The van der Waals surface area contributed by atoms with Crippen LogP contribution in [-0.4, -0.2) is 17.7 Å². The summed E-state index contributed by atoms with van der Waals surface area (Å²) in [6.45, 7) is 4.75. The zero-order valence-electron chi connectivity index (χ0n) is 9.00. The molecule has 1 saturated heterocycles. The van der Waals surface area contributed by atoms with Crippen LogP contribution in [0.1, 0.15) is 28.9 Å². The highest BCUT2D eigenvalue weighted by Crippen LogP contribution is 2.32. The minimum Gasteiger partial charge on any atom is -0.386 e. The zero-order valence-corrected chi connectivity index (χ0v) is 11.2. The normalized spacial score (nSPS) is 22.5. The fourth-order valence-electron chi connectivity index (χ4n) is 1.58. The van der Waals surface area contributed by atoms with Crippen LogP contribution in [0.5, 0.6) is 0 Å². The van der Waals surface area contributed by atoms with Crippen molar-refractivity contribution < 1.29 is 5.11 Å². The third-order valence-corrected chi connectivity index (χ3v) is 4.32. The number of alkyl halides is 1. The van der Waals surface area contributed by atoms with Crippen LogP contribution in [0.2, 0.25) is 0 Å². The van der Waals surface area contributed by atoms with Crippen molar-refractivity contribution in [3.05, 3.63) is 35.4 Å². The number of nitrogens with one attached hydrogen (secondary N) is 1. The number of rotatable bonds is 3. The summed E-state index contributed by atoms with van der Waals surface area (Å²) in [4.78, 5) is 0. The maximum Gasteiger partial charge on any atom is 0.0840 e. The Morgan fingerprint density at radius 2 is 1.93 bits per heavy atom. The highest BCUT2D eigenvalue weighted by molar-refractivity contribution is 14.1. The van der Waals surface area contributed by atoms with Gasteiger partial charge in [-0.2, -0.15) is 0 Å². The van der Waals surface area contributed by atoms with E-state index in [0.29, 0.717) is 9.97 Å². The molecule has 3 heteroatoms. The summed E-state index contributed by atoms with van der Waals surface area (Å²) >= 11 is 2.47. The van der Waals surface area contributed by atoms with Crippen molar-refractivity contribution in [3.8, 4) is 0 Å². The molecule has 1 aromatic rings. The van der Waals surface area contributed by atoms with Gasteiger partial charge >= 0.3 is 0 Å². The second-order valence-electron chi connectivity index (χ2n) is 4.60. The molecule has 0 radical (unpaired) electrons. The molecule has 2 atom stereocenters. The van der Waals surface area contributed by atoms with Crippen LogP contribution in [-0.2, 0) is 5.60 Å². The van der Waals surface area contributed by atoms with Crippen molar-refractivity contribution in [2.45, 2.75) is 29.4 Å². The zero-order chi connectivity index (χ0) is 11.1. The lowest BCUT2D eigenvalue weighted by atomic mass is 9.96. The Hall–Kier alpha value is -0.130. The minimum atomic E-state index is -0.739. The first kappa shape index (κ1) is 11.4. The lowest BCUT2D eigenvalue weighted by molar-refractivity contribution is 0.0786. The van der Waals surface area contributed by atoms with E-state index in [0.717, 1.165) is 12.1 Å². The van der Waals surface area contributed by atoms with Crippen molar-refractivity contribution in [1.29, 1.82) is 0 Å². The minimum absolute atomic E-state index is 0.540. The average molecular weight is 317 g/mol. The largest absolute Gasteiger partial charge is 0.386 e. The quantitative estimate of drug-likeness (QED) is 0.511. The van der Waals surface area contributed by atoms with E-state index in [1.165, 1.54) is 5.56 Å². The van der Waals surface area contributed by atoms with Crippen LogP contribution in [0.15, 0.2) is 24.3 Å². The highest BCUT2D eigenvalue weighted by atomic mass is 127. The monoisotopic (exact) mass is 317 g/mol. The lowest BCUT2D eigenvalue weighted by Crippen LogP contribution is -2.15. The van der Waals surface area contributed by atoms with Crippen molar-refractivity contribution in [2.75, 3.05) is 6.54 Å². The summed E-state index contributed by atoms with van der Waals surface area (Å²) in [6, 6.07) is 8.90. The van der Waals surface area contributed by atoms with Gasteiger partial charge in [0.2, 0.25) is 0 Å². The molecule has 15 heavy (non-hydrogen) atoms. The topological polar surface area (TPSA) is 42.2 Å². The fourth-order valence-corrected chi connectivity index (χ4v) is 2.51. The molecule has 1 aliphatic rings. The highest BCUT2D eigenvalue weighted by Gasteiger charge is 2.29. The predicted octanol–water partition coefficient (Wildman–Crippen LogP) is 2.36. The van der Waals surface area contributed by atoms with Crippen molar-refractivity contribution >= 4 is 22.6 Å². The van der Waals surface area contributed by atoms with Gasteiger partial charge < -0.3 is 10.4 Å². The maximum absolute atomic E-state index is 9.83. The molecule has 0 aromatic heterocycles. The van der Waals surface area contributed by atoms with Gasteiger partial charge in [-0.25, -0.2) is 0 Å². The van der Waals surface area contributed by atoms with Gasteiger partial charge in [-0.05, 0) is 25.0 Å². The molecule has 1 fully saturated rings. The molecule has 0 aliphatic carbocycles. The summed E-state index contributed by atoms with van der Waals surface area (Å²) < 4.78 is 0.540. The predicted molar refractivity (Wildman–Crippen MR) is 70.2 cm³/mol. The van der Waals surface area contributed by atoms with Gasteiger partial charge in [0.1, 0.15) is 0 Å². The van der Waals surface area contributed by atoms with Crippen LogP contribution in [0.4, 0.5) is 0 Å². The SMILES string of the molecule is CC(C)(O)c1ccc(C(I)C2CN2)cc1. The van der Waals surface area contributed by atoms with E-state index in [2.05, 4.69) is 40.0 Å². The Morgan fingerprint density at radius 3 is 2.33 bits per heavy atom. The molecule has 82 valence electrons. The van der Waals surface area contributed by atoms with E-state index >= 15 is 0 Å². The number of benzene rings is 1. The van der Waals surface area contributed by atoms with E-state index in [9.17, 15) is 5.11 Å². The smallest absolute Gasteiger partial charge is 0.0840 e. The Labute approximate surface area is 104 Å². The van der Waals surface area contributed by atoms with E-state index in [-0.39, 0.29) is 0 Å². The van der Waals surface area contributed by atoms with E-state index in [1.54, 1.807) is 0 Å². The van der Waals surface area contributed by atoms with Gasteiger partial charge in [0.05, 0.1) is 9.53 Å². The molecule has 0 spiro atoms. The Bertz CT molecular complexity index is 338. The molecule has 2 unspecified atom stereocenters. The van der Waals surface area contributed by atoms with Crippen LogP contribution >= 0.6 is 22.6 Å². The Balaban J connectivity index is 2.16. The number of aliphatic hydroxyl groups is 1. The first-order chi connectivity index (χ1) is 6.98. The van der Waals surface area contributed by atoms with Gasteiger partial charge in [0.25, 0.3) is 0 Å². The summed E-state index contributed by atoms with van der Waals surface area (Å²) in [6.07, 6.45) is 0. The molecular weight excluding hydrogens is 301 g/mol. The van der Waals surface area contributed by atoms with Gasteiger partial charge in [-0.3, -0.25) is 0 Å². The molecule has 1 aliphatic heterocycles. The van der Waals surface area contributed by atoms with Gasteiger partial charge in [-0.1, -0.05) is 46.9 Å². The van der Waals surface area contributed by atoms with Crippen molar-refractivity contribution in [3.63, 3.8) is 0 Å². The number of hydrogen-bond donors (Lipinski definition) is 2. The summed E-state index contributed by atoms with van der Waals surface area (Å²) in [7, 11) is 0. The number of hydrogen-bond acceptors (Lipinski definition) is 2. The van der Waals surface area contributed by atoms with Gasteiger partial charge in [0.15, 0.2) is 0 Å². The van der Waals surface area contributed by atoms with E-state index < -0.39 is 5.60 Å². The van der Waals surface area contributed by atoms with E-state index in [4.69, 9.17) is 0 Å². The lowest BCUT2D eigenvalue weighted by Gasteiger charge is -2.18. The van der Waals surface area contributed by atoms with Crippen LogP contribution in [0.3, 0.4) is 0 Å². The van der Waals surface area contributed by atoms with Crippen LogP contribution in [0.25, 0.3) is 0 Å². The summed E-state index contributed by atoms with van der Waals surface area (Å²) in [5, 5.41) is 13.1. The van der Waals surface area contributed by atoms with Gasteiger partial charge in [0, 0.05) is 12.6 Å². The third-order valence-electron chi connectivity index (χ3n) is 2.73. The van der Waals surface area contributed by atoms with Crippen LogP contribution in [0, 0.1) is 0 Å². The third kappa shape index (κ3) is 2.71. The molecule has 0 amide bonds. The second-order valence-corrected chi connectivity index (χ2v) is 5.94. The molecule has 1 aromatic carbocycles. The second kappa shape index (κ2) is 4.03. The fraction of sp³-hybridized carbons (Fsp3) is 0.500. The molecular formula is C12H16INO. The first-order valence-corrected chi connectivity index (χ1v) is 6.43. The number of halogens is 1. The first-order valence-electron chi connectivity index (χ1n) is 5.19. The molecule has 0 bridgehead atoms. The molecule has 2 rings (SSSR count). The van der Waals surface area contributed by atoms with Crippen molar-refractivity contribution in [1.82, 2.24) is 5.32 Å². The molecule has 0 saturated carbocycles. The maximum atomic E-state index is 9.83. The standard InChI is InChI=1S/C12H16INO/c1-12(2,15)9-5-3-8(4-6-9)11(13)10-7-14-10/h3-6,10-11,14-15H,7H2,1-2H3. The molecule has 2 N–H and O–H groups in total. The summed E-state index contributed by atoms with van der Waals surface area (Å²) in [5.74, 6) is 0.